The second kappa shape index (κ2) is 33.9. The van der Waals surface area contributed by atoms with Crippen LogP contribution in [0.4, 0.5) is 0 Å². The Bertz CT molecular complexity index is 557. The minimum Gasteiger partial charge on any atom is -0.463 e. The largest absolute Gasteiger partial charge is 0.463 e. The third-order valence-corrected chi connectivity index (χ3v) is 5.37. The lowest BCUT2D eigenvalue weighted by Crippen LogP contribution is -2.20. The summed E-state index contributed by atoms with van der Waals surface area (Å²) in [6.45, 7) is 13.0. The van der Waals surface area contributed by atoms with Crippen molar-refractivity contribution in [2.24, 2.45) is 5.92 Å². The molecular weight excluding hydrogens is 524 g/mol. The van der Waals surface area contributed by atoms with E-state index in [1.165, 1.54) is 0 Å². The van der Waals surface area contributed by atoms with E-state index in [4.69, 9.17) is 53.8 Å². The van der Waals surface area contributed by atoms with Crippen LogP contribution in [-0.2, 0) is 52.2 Å². The summed E-state index contributed by atoms with van der Waals surface area (Å²) in [5, 5.41) is 0. The van der Waals surface area contributed by atoms with Gasteiger partial charge >= 0.3 is 5.97 Å². The van der Waals surface area contributed by atoms with Gasteiger partial charge in [-0.05, 0) is 12.8 Å². The minimum atomic E-state index is -0.119. The second-order valence-electron chi connectivity index (χ2n) is 8.57. The van der Waals surface area contributed by atoms with E-state index in [1.54, 1.807) is 0 Å². The van der Waals surface area contributed by atoms with Crippen molar-refractivity contribution >= 4 is 5.97 Å². The zero-order chi connectivity index (χ0) is 29.2. The molecule has 0 bridgehead atoms. The maximum absolute atomic E-state index is 12.0. The van der Waals surface area contributed by atoms with E-state index in [9.17, 15) is 4.79 Å². The first-order valence-corrected chi connectivity index (χ1v) is 14.6. The van der Waals surface area contributed by atoms with Crippen LogP contribution in [0.5, 0.6) is 0 Å². The van der Waals surface area contributed by atoms with E-state index in [1.807, 2.05) is 6.92 Å². The lowest BCUT2D eigenvalue weighted by atomic mass is 10.00. The van der Waals surface area contributed by atoms with Gasteiger partial charge in [-0.3, -0.25) is 4.79 Å². The second-order valence-corrected chi connectivity index (χ2v) is 8.57. The summed E-state index contributed by atoms with van der Waals surface area (Å²) >= 11 is 0. The number of carbonyl (C=O) groups is 1. The van der Waals surface area contributed by atoms with Crippen LogP contribution < -0.4 is 0 Å². The molecule has 11 heteroatoms. The van der Waals surface area contributed by atoms with Gasteiger partial charge in [0.2, 0.25) is 0 Å². The molecule has 40 heavy (non-hydrogen) atoms. The molecule has 0 aromatic carbocycles. The minimum absolute atomic E-state index is 0.00115. The molecule has 0 rings (SSSR count). The molecule has 0 amide bonds. The number of hydrogen-bond donors (Lipinski definition) is 0. The smallest absolute Gasteiger partial charge is 0.308 e. The quantitative estimate of drug-likeness (QED) is 0.0651. The Hall–Kier alpha value is -1.33. The first-order chi connectivity index (χ1) is 19.8. The van der Waals surface area contributed by atoms with Crippen LogP contribution in [0.2, 0.25) is 0 Å². The van der Waals surface area contributed by atoms with E-state index in [0.29, 0.717) is 119 Å². The monoisotopic (exact) mass is 578 g/mol. The van der Waals surface area contributed by atoms with Crippen molar-refractivity contribution in [1.82, 2.24) is 0 Å². The molecule has 11 nitrogen and oxygen atoms in total. The van der Waals surface area contributed by atoms with Crippen molar-refractivity contribution in [2.75, 3.05) is 126 Å². The van der Waals surface area contributed by atoms with Crippen molar-refractivity contribution in [3.63, 3.8) is 0 Å². The average Bonchev–Trinajstić information content (AvgIpc) is 2.96. The van der Waals surface area contributed by atoms with Gasteiger partial charge in [-0.25, -0.2) is 0 Å². The van der Waals surface area contributed by atoms with E-state index in [-0.39, 0.29) is 18.5 Å². The predicted molar refractivity (Wildman–Crippen MR) is 150 cm³/mol. The molecule has 0 saturated carbocycles. The zero-order valence-electron chi connectivity index (χ0n) is 24.9. The number of rotatable bonds is 33. The number of esters is 1. The van der Waals surface area contributed by atoms with Crippen LogP contribution in [0.1, 0.15) is 39.5 Å². The molecule has 0 radical (unpaired) electrons. The topological polar surface area (TPSA) is 109 Å². The highest BCUT2D eigenvalue weighted by molar-refractivity contribution is 5.72. The predicted octanol–water partition coefficient (Wildman–Crippen LogP) is 2.53. The van der Waals surface area contributed by atoms with Gasteiger partial charge in [0.25, 0.3) is 0 Å². The number of terminal acetylenes is 1. The summed E-state index contributed by atoms with van der Waals surface area (Å²) in [6, 6.07) is 0. The van der Waals surface area contributed by atoms with Gasteiger partial charge in [0, 0.05) is 0 Å². The van der Waals surface area contributed by atoms with Gasteiger partial charge in [-0.1, -0.05) is 32.6 Å². The summed E-state index contributed by atoms with van der Waals surface area (Å²) in [5.74, 6) is 2.27. The lowest BCUT2D eigenvalue weighted by molar-refractivity contribution is -0.150. The summed E-state index contributed by atoms with van der Waals surface area (Å²) in [4.78, 5) is 12.0. The molecule has 0 N–H and O–H groups in total. The normalized spacial score (nSPS) is 11.9. The van der Waals surface area contributed by atoms with Crippen molar-refractivity contribution in [2.45, 2.75) is 39.5 Å². The first kappa shape index (κ1) is 38.7. The van der Waals surface area contributed by atoms with Crippen molar-refractivity contribution < 1.29 is 52.2 Å². The number of ether oxygens (including phenoxy) is 10. The van der Waals surface area contributed by atoms with E-state index >= 15 is 0 Å². The highest BCUT2D eigenvalue weighted by atomic mass is 16.6. The molecule has 0 saturated heterocycles. The maximum atomic E-state index is 12.0. The van der Waals surface area contributed by atoms with E-state index < -0.39 is 0 Å². The van der Waals surface area contributed by atoms with Crippen molar-refractivity contribution in [3.8, 4) is 12.3 Å². The van der Waals surface area contributed by atoms with Crippen LogP contribution in [0.25, 0.3) is 0 Å². The third kappa shape index (κ3) is 29.6. The Balaban J connectivity index is 3.16. The van der Waals surface area contributed by atoms with Gasteiger partial charge < -0.3 is 47.4 Å². The molecule has 0 aliphatic carbocycles. The Morgan fingerprint density at radius 2 is 0.875 bits per heavy atom. The number of hydrogen-bond acceptors (Lipinski definition) is 11. The number of carbonyl (C=O) groups excluding carboxylic acids is 1. The van der Waals surface area contributed by atoms with Gasteiger partial charge in [-0.2, -0.15) is 0 Å². The summed E-state index contributed by atoms with van der Waals surface area (Å²) in [7, 11) is 0. The fourth-order valence-electron chi connectivity index (χ4n) is 3.15. The van der Waals surface area contributed by atoms with Gasteiger partial charge in [0.05, 0.1) is 118 Å². The molecule has 0 fully saturated rings. The highest BCUT2D eigenvalue weighted by Gasteiger charge is 2.16. The van der Waals surface area contributed by atoms with E-state index in [0.717, 1.165) is 25.7 Å². The highest BCUT2D eigenvalue weighted by Crippen LogP contribution is 2.14. The van der Waals surface area contributed by atoms with Crippen molar-refractivity contribution in [3.05, 3.63) is 0 Å². The molecule has 0 aromatic rings. The van der Waals surface area contributed by atoms with Crippen LogP contribution in [-0.4, -0.2) is 132 Å². The Labute approximate surface area is 241 Å². The standard InChI is InChI=1S/C29H54O11/c1-4-7-8-28(6-3)29(30)40-27-26-39-25-24-38-23-22-37-21-20-36-19-18-35-17-16-34-15-14-33-13-12-32-11-10-31-9-5-2/h2,28H,4,6-27H2,1,3H3. The van der Waals surface area contributed by atoms with Crippen LogP contribution >= 0.6 is 0 Å². The molecule has 1 unspecified atom stereocenters. The third-order valence-electron chi connectivity index (χ3n) is 5.37. The van der Waals surface area contributed by atoms with Gasteiger partial charge in [0.1, 0.15) is 13.2 Å². The molecule has 0 aliphatic heterocycles. The fourth-order valence-corrected chi connectivity index (χ4v) is 3.15. The summed E-state index contributed by atoms with van der Waals surface area (Å²) in [5.41, 5.74) is 0. The lowest BCUT2D eigenvalue weighted by Gasteiger charge is -2.13. The zero-order valence-corrected chi connectivity index (χ0v) is 24.9. The van der Waals surface area contributed by atoms with Crippen LogP contribution in [0.15, 0.2) is 0 Å². The Kier molecular flexibility index (Phi) is 32.7. The van der Waals surface area contributed by atoms with Crippen LogP contribution in [0.3, 0.4) is 0 Å². The summed E-state index contributed by atoms with van der Waals surface area (Å²) < 4.78 is 53.8. The van der Waals surface area contributed by atoms with E-state index in [2.05, 4.69) is 12.8 Å². The first-order valence-electron chi connectivity index (χ1n) is 14.6. The van der Waals surface area contributed by atoms with Gasteiger partial charge in [0.15, 0.2) is 0 Å². The fraction of sp³-hybridized carbons (Fsp3) is 0.897. The SMILES string of the molecule is C#CCOCCOCCOCCOCCOCCOCCOCCOCCOCCOC(=O)C(CC)CCCC. The molecule has 0 aromatic heterocycles. The molecule has 236 valence electrons. The molecule has 1 atom stereocenters. The molecular formula is C29H54O11. The Morgan fingerprint density at radius 1 is 0.550 bits per heavy atom. The van der Waals surface area contributed by atoms with Crippen molar-refractivity contribution in [1.29, 1.82) is 0 Å². The molecule has 0 heterocycles. The average molecular weight is 579 g/mol. The Morgan fingerprint density at radius 3 is 1.18 bits per heavy atom. The van der Waals surface area contributed by atoms with Gasteiger partial charge in [-0.15, -0.1) is 6.42 Å². The molecule has 0 spiro atoms. The maximum Gasteiger partial charge on any atom is 0.308 e. The van der Waals surface area contributed by atoms with Crippen LogP contribution in [0, 0.1) is 18.3 Å². The molecule has 0 aliphatic rings. The summed E-state index contributed by atoms with van der Waals surface area (Å²) in [6.07, 6.45) is 8.91. The number of unbranched alkanes of at least 4 members (excludes halogenated alkanes) is 1.